The van der Waals surface area contributed by atoms with Crippen LogP contribution in [0.2, 0.25) is 0 Å². The van der Waals surface area contributed by atoms with Crippen LogP contribution in [0.5, 0.6) is 0 Å². The van der Waals surface area contributed by atoms with E-state index in [9.17, 15) is 0 Å². The molecule has 0 aliphatic heterocycles. The highest BCUT2D eigenvalue weighted by molar-refractivity contribution is 5.13. The van der Waals surface area contributed by atoms with E-state index in [-0.39, 0.29) is 6.10 Å². The van der Waals surface area contributed by atoms with Crippen molar-refractivity contribution in [1.82, 2.24) is 0 Å². The molecule has 0 fully saturated rings. The Kier molecular flexibility index (Phi) is 7.04. The molecular weight excluding hydrogens is 214 g/mol. The molecule has 1 unspecified atom stereocenters. The van der Waals surface area contributed by atoms with Crippen LogP contribution in [-0.2, 0) is 16.1 Å². The van der Waals surface area contributed by atoms with E-state index >= 15 is 0 Å². The van der Waals surface area contributed by atoms with Crippen molar-refractivity contribution < 1.29 is 9.47 Å². The largest absolute Gasteiger partial charge is 0.379 e. The summed E-state index contributed by atoms with van der Waals surface area (Å²) >= 11 is 0. The molecule has 0 saturated carbocycles. The minimum absolute atomic E-state index is 0.0899. The Morgan fingerprint density at radius 2 is 2.06 bits per heavy atom. The van der Waals surface area contributed by atoms with Crippen LogP contribution < -0.4 is 0 Å². The molecule has 0 saturated heterocycles. The van der Waals surface area contributed by atoms with Gasteiger partial charge in [-0.2, -0.15) is 5.26 Å². The Morgan fingerprint density at radius 1 is 1.29 bits per heavy atom. The minimum atomic E-state index is 0.0899. The van der Waals surface area contributed by atoms with Gasteiger partial charge >= 0.3 is 0 Å². The smallest absolute Gasteiger partial charge is 0.0805 e. The molecule has 3 heteroatoms. The van der Waals surface area contributed by atoms with Gasteiger partial charge < -0.3 is 9.47 Å². The Hall–Kier alpha value is -1.37. The highest BCUT2D eigenvalue weighted by Crippen LogP contribution is 2.06. The quantitative estimate of drug-likeness (QED) is 0.648. The van der Waals surface area contributed by atoms with Gasteiger partial charge in [0.05, 0.1) is 25.4 Å². The van der Waals surface area contributed by atoms with Crippen molar-refractivity contribution in [2.24, 2.45) is 0 Å². The predicted molar refractivity (Wildman–Crippen MR) is 66.4 cm³/mol. The lowest BCUT2D eigenvalue weighted by atomic mass is 10.2. The average Bonchev–Trinajstić information content (AvgIpc) is 2.38. The van der Waals surface area contributed by atoms with E-state index in [4.69, 9.17) is 14.7 Å². The van der Waals surface area contributed by atoms with Crippen molar-refractivity contribution >= 4 is 0 Å². The molecule has 0 radical (unpaired) electrons. The van der Waals surface area contributed by atoms with Gasteiger partial charge in [-0.25, -0.2) is 0 Å². The van der Waals surface area contributed by atoms with Crippen LogP contribution in [0.4, 0.5) is 0 Å². The lowest BCUT2D eigenvalue weighted by Gasteiger charge is -2.14. The molecule has 3 nitrogen and oxygen atoms in total. The Bertz CT molecular complexity index is 332. The minimum Gasteiger partial charge on any atom is -0.379 e. The molecule has 0 heterocycles. The number of unbranched alkanes of at least 4 members (excludes halogenated alkanes) is 1. The van der Waals surface area contributed by atoms with Crippen molar-refractivity contribution in [3.05, 3.63) is 35.9 Å². The van der Waals surface area contributed by atoms with Crippen LogP contribution >= 0.6 is 0 Å². The average molecular weight is 233 g/mol. The van der Waals surface area contributed by atoms with Crippen LogP contribution in [-0.4, -0.2) is 19.8 Å². The summed E-state index contributed by atoms with van der Waals surface area (Å²) in [5.41, 5.74) is 1.17. The van der Waals surface area contributed by atoms with Gasteiger partial charge in [0.15, 0.2) is 0 Å². The SMILES string of the molecule is COC(CCCC#N)COCc1ccccc1. The second-order valence-electron chi connectivity index (χ2n) is 3.91. The Morgan fingerprint density at radius 3 is 2.71 bits per heavy atom. The maximum Gasteiger partial charge on any atom is 0.0805 e. The first-order valence-corrected chi connectivity index (χ1v) is 5.88. The third kappa shape index (κ3) is 6.06. The molecule has 0 N–H and O–H groups in total. The molecule has 1 atom stereocenters. The predicted octanol–water partition coefficient (Wildman–Crippen LogP) is 2.91. The first kappa shape index (κ1) is 13.7. The normalized spacial score (nSPS) is 12.0. The number of ether oxygens (including phenoxy) is 2. The number of methoxy groups -OCH3 is 1. The van der Waals surface area contributed by atoms with E-state index < -0.39 is 0 Å². The van der Waals surface area contributed by atoms with Gasteiger partial charge in [0, 0.05) is 13.5 Å². The van der Waals surface area contributed by atoms with Gasteiger partial charge in [-0.15, -0.1) is 0 Å². The van der Waals surface area contributed by atoms with Crippen molar-refractivity contribution in [1.29, 1.82) is 5.26 Å². The Balaban J connectivity index is 2.17. The summed E-state index contributed by atoms with van der Waals surface area (Å²) in [6.45, 7) is 1.19. The van der Waals surface area contributed by atoms with Crippen LogP contribution in [0.15, 0.2) is 30.3 Å². The zero-order chi connectivity index (χ0) is 12.3. The van der Waals surface area contributed by atoms with E-state index in [1.54, 1.807) is 7.11 Å². The summed E-state index contributed by atoms with van der Waals surface area (Å²) < 4.78 is 10.9. The second kappa shape index (κ2) is 8.74. The van der Waals surface area contributed by atoms with Crippen LogP contribution in [0, 0.1) is 11.3 Å². The van der Waals surface area contributed by atoms with E-state index in [1.807, 2.05) is 30.3 Å². The number of nitrogens with zero attached hydrogens (tertiary/aromatic N) is 1. The lowest BCUT2D eigenvalue weighted by molar-refractivity contribution is -0.00256. The first-order valence-electron chi connectivity index (χ1n) is 5.88. The molecule has 0 aliphatic rings. The highest BCUT2D eigenvalue weighted by Gasteiger charge is 2.07. The standard InChI is InChI=1S/C14H19NO2/c1-16-14(9-5-6-10-15)12-17-11-13-7-3-2-4-8-13/h2-4,7-8,14H,5-6,9,11-12H2,1H3. The van der Waals surface area contributed by atoms with Crippen LogP contribution in [0.25, 0.3) is 0 Å². The summed E-state index contributed by atoms with van der Waals surface area (Å²) in [6, 6.07) is 12.2. The number of hydrogen-bond donors (Lipinski definition) is 0. The molecule has 17 heavy (non-hydrogen) atoms. The van der Waals surface area contributed by atoms with Crippen molar-refractivity contribution in [2.75, 3.05) is 13.7 Å². The Labute approximate surface area is 103 Å². The van der Waals surface area contributed by atoms with E-state index in [0.29, 0.717) is 19.6 Å². The summed E-state index contributed by atoms with van der Waals surface area (Å²) in [5, 5.41) is 8.45. The topological polar surface area (TPSA) is 42.2 Å². The molecule has 92 valence electrons. The van der Waals surface area contributed by atoms with E-state index in [0.717, 1.165) is 12.8 Å². The second-order valence-corrected chi connectivity index (χ2v) is 3.91. The molecule has 1 aromatic rings. The molecule has 0 aliphatic carbocycles. The third-order valence-corrected chi connectivity index (χ3v) is 2.56. The highest BCUT2D eigenvalue weighted by atomic mass is 16.5. The monoisotopic (exact) mass is 233 g/mol. The summed E-state index contributed by atoms with van der Waals surface area (Å²) in [6.07, 6.45) is 2.41. The number of rotatable bonds is 8. The molecule has 1 aromatic carbocycles. The maximum atomic E-state index is 8.45. The molecule has 0 amide bonds. The van der Waals surface area contributed by atoms with E-state index in [2.05, 4.69) is 6.07 Å². The van der Waals surface area contributed by atoms with Crippen molar-refractivity contribution in [2.45, 2.75) is 32.0 Å². The van der Waals surface area contributed by atoms with Gasteiger partial charge in [-0.05, 0) is 18.4 Å². The summed E-state index contributed by atoms with van der Waals surface area (Å²) in [5.74, 6) is 0. The van der Waals surface area contributed by atoms with Crippen molar-refractivity contribution in [3.63, 3.8) is 0 Å². The third-order valence-electron chi connectivity index (χ3n) is 2.56. The molecule has 0 spiro atoms. The zero-order valence-corrected chi connectivity index (χ0v) is 10.3. The van der Waals surface area contributed by atoms with Gasteiger partial charge in [-0.1, -0.05) is 30.3 Å². The summed E-state index contributed by atoms with van der Waals surface area (Å²) in [4.78, 5) is 0. The lowest BCUT2D eigenvalue weighted by Crippen LogP contribution is -2.18. The fourth-order valence-corrected chi connectivity index (χ4v) is 1.56. The fraction of sp³-hybridized carbons (Fsp3) is 0.500. The molecule has 0 bridgehead atoms. The van der Waals surface area contributed by atoms with Crippen molar-refractivity contribution in [3.8, 4) is 6.07 Å². The van der Waals surface area contributed by atoms with Gasteiger partial charge in [-0.3, -0.25) is 0 Å². The van der Waals surface area contributed by atoms with Gasteiger partial charge in [0.1, 0.15) is 0 Å². The zero-order valence-electron chi connectivity index (χ0n) is 10.3. The fourth-order valence-electron chi connectivity index (χ4n) is 1.56. The van der Waals surface area contributed by atoms with Crippen LogP contribution in [0.1, 0.15) is 24.8 Å². The van der Waals surface area contributed by atoms with Gasteiger partial charge in [0.25, 0.3) is 0 Å². The molecule has 0 aromatic heterocycles. The van der Waals surface area contributed by atoms with E-state index in [1.165, 1.54) is 5.56 Å². The number of hydrogen-bond acceptors (Lipinski definition) is 3. The number of nitriles is 1. The molecular formula is C14H19NO2. The first-order chi connectivity index (χ1) is 8.36. The van der Waals surface area contributed by atoms with Crippen LogP contribution in [0.3, 0.4) is 0 Å². The summed E-state index contributed by atoms with van der Waals surface area (Å²) in [7, 11) is 1.68. The maximum absolute atomic E-state index is 8.45. The van der Waals surface area contributed by atoms with Gasteiger partial charge in [0.2, 0.25) is 0 Å². The molecule has 1 rings (SSSR count). The number of benzene rings is 1.